The van der Waals surface area contributed by atoms with E-state index in [4.69, 9.17) is 14.2 Å². The highest BCUT2D eigenvalue weighted by Crippen LogP contribution is 2.35. The molecule has 9 heteroatoms. The van der Waals surface area contributed by atoms with Crippen molar-refractivity contribution in [1.82, 2.24) is 15.3 Å². The fraction of sp³-hybridized carbons (Fsp3) is 0.348. The third-order valence-corrected chi connectivity index (χ3v) is 5.46. The lowest BCUT2D eigenvalue weighted by Crippen LogP contribution is -2.48. The van der Waals surface area contributed by atoms with Crippen molar-refractivity contribution in [2.24, 2.45) is 0 Å². The Labute approximate surface area is 184 Å². The van der Waals surface area contributed by atoms with Gasteiger partial charge in [0.15, 0.2) is 6.17 Å². The van der Waals surface area contributed by atoms with E-state index in [2.05, 4.69) is 15.3 Å². The molecule has 8 nitrogen and oxygen atoms in total. The number of methoxy groups -OCH3 is 2. The number of aliphatic hydroxyl groups excluding tert-OH is 1. The number of amides is 1. The van der Waals surface area contributed by atoms with E-state index >= 15 is 4.39 Å². The molecule has 32 heavy (non-hydrogen) atoms. The number of nitrogens with zero attached hydrogens (tertiary/aromatic N) is 2. The number of pyridine rings is 2. The molecular weight excluding hydrogens is 417 g/mol. The molecule has 1 aliphatic rings. The van der Waals surface area contributed by atoms with Crippen molar-refractivity contribution >= 4 is 16.8 Å². The van der Waals surface area contributed by atoms with E-state index in [0.717, 1.165) is 0 Å². The largest absolute Gasteiger partial charge is 0.494 e. The highest BCUT2D eigenvalue weighted by molar-refractivity contribution is 5.97. The molecule has 1 aromatic carbocycles. The number of aromatic nitrogens is 2. The van der Waals surface area contributed by atoms with Crippen molar-refractivity contribution in [3.8, 4) is 11.6 Å². The van der Waals surface area contributed by atoms with Gasteiger partial charge in [0, 0.05) is 35.4 Å². The Morgan fingerprint density at radius 2 is 2.12 bits per heavy atom. The van der Waals surface area contributed by atoms with Crippen molar-refractivity contribution in [2.75, 3.05) is 27.4 Å². The maximum absolute atomic E-state index is 15.7. The molecule has 0 spiro atoms. The van der Waals surface area contributed by atoms with Crippen LogP contribution < -0.4 is 14.8 Å². The molecule has 1 aliphatic heterocycles. The van der Waals surface area contributed by atoms with Crippen LogP contribution in [-0.2, 0) is 4.74 Å². The van der Waals surface area contributed by atoms with Gasteiger partial charge in [0.05, 0.1) is 33.0 Å². The van der Waals surface area contributed by atoms with Crippen LogP contribution in [0.2, 0.25) is 0 Å². The SMILES string of the molecule is COc1ccc(C(F)c2cc(C(=O)N[C@H]3CCOC[C@@H]3O)nc3c(OC)cccc23)cn1. The van der Waals surface area contributed by atoms with Crippen LogP contribution in [0.4, 0.5) is 4.39 Å². The zero-order chi connectivity index (χ0) is 22.7. The summed E-state index contributed by atoms with van der Waals surface area (Å²) < 4.78 is 31.3. The number of rotatable bonds is 6. The van der Waals surface area contributed by atoms with E-state index in [9.17, 15) is 9.90 Å². The lowest BCUT2D eigenvalue weighted by Gasteiger charge is -2.28. The van der Waals surface area contributed by atoms with Crippen LogP contribution in [0.25, 0.3) is 10.9 Å². The number of alkyl halides is 1. The van der Waals surface area contributed by atoms with Crippen LogP contribution in [0.15, 0.2) is 42.6 Å². The standard InChI is InChI=1S/C23H24FN3O5/c1-30-19-5-3-4-14-15(21(24)13-6-7-20(31-2)25-11-13)10-17(26-22(14)19)23(29)27-16-8-9-32-12-18(16)28/h3-7,10-11,16,18,21,28H,8-9,12H2,1-2H3,(H,27,29)/t16-,18-,21?/m0/s1. The first-order chi connectivity index (χ1) is 15.5. The number of benzene rings is 1. The topological polar surface area (TPSA) is 103 Å². The van der Waals surface area contributed by atoms with Gasteiger partial charge in [0.1, 0.15) is 17.0 Å². The first kappa shape index (κ1) is 21.9. The molecule has 0 radical (unpaired) electrons. The van der Waals surface area contributed by atoms with Gasteiger partial charge >= 0.3 is 0 Å². The van der Waals surface area contributed by atoms with Crippen molar-refractivity contribution < 1.29 is 28.5 Å². The molecule has 1 unspecified atom stereocenters. The maximum atomic E-state index is 15.7. The van der Waals surface area contributed by atoms with E-state index in [1.807, 2.05) is 0 Å². The minimum Gasteiger partial charge on any atom is -0.494 e. The molecule has 4 rings (SSSR count). The second kappa shape index (κ2) is 9.46. The van der Waals surface area contributed by atoms with E-state index in [-0.39, 0.29) is 17.9 Å². The number of hydrogen-bond acceptors (Lipinski definition) is 7. The number of nitrogens with one attached hydrogen (secondary N) is 1. The summed E-state index contributed by atoms with van der Waals surface area (Å²) in [5.41, 5.74) is 0.972. The zero-order valence-electron chi connectivity index (χ0n) is 17.7. The van der Waals surface area contributed by atoms with E-state index < -0.39 is 24.2 Å². The van der Waals surface area contributed by atoms with Crippen molar-refractivity contribution in [1.29, 1.82) is 0 Å². The van der Waals surface area contributed by atoms with Gasteiger partial charge in [-0.2, -0.15) is 0 Å². The summed E-state index contributed by atoms with van der Waals surface area (Å²) >= 11 is 0. The average molecular weight is 441 g/mol. The van der Waals surface area contributed by atoms with E-state index in [0.29, 0.717) is 41.1 Å². The molecule has 0 aliphatic carbocycles. The Morgan fingerprint density at radius 1 is 1.28 bits per heavy atom. The number of para-hydroxylation sites is 1. The fourth-order valence-corrected chi connectivity index (χ4v) is 3.71. The van der Waals surface area contributed by atoms with E-state index in [1.165, 1.54) is 26.5 Å². The van der Waals surface area contributed by atoms with Crippen LogP contribution in [0.5, 0.6) is 11.6 Å². The van der Waals surface area contributed by atoms with E-state index in [1.54, 1.807) is 30.3 Å². The molecule has 1 fully saturated rings. The monoisotopic (exact) mass is 441 g/mol. The second-order valence-corrected chi connectivity index (χ2v) is 7.46. The van der Waals surface area contributed by atoms with Gasteiger partial charge < -0.3 is 24.6 Å². The first-order valence-electron chi connectivity index (χ1n) is 10.2. The summed E-state index contributed by atoms with van der Waals surface area (Å²) in [7, 11) is 2.97. The first-order valence-corrected chi connectivity index (χ1v) is 10.2. The number of aliphatic hydroxyl groups is 1. The van der Waals surface area contributed by atoms with Crippen LogP contribution in [0.1, 0.15) is 34.2 Å². The number of fused-ring (bicyclic) bond motifs is 1. The van der Waals surface area contributed by atoms with Gasteiger partial charge in [-0.15, -0.1) is 0 Å². The molecule has 168 valence electrons. The predicted molar refractivity (Wildman–Crippen MR) is 115 cm³/mol. The van der Waals surface area contributed by atoms with Crippen LogP contribution >= 0.6 is 0 Å². The molecular formula is C23H24FN3O5. The number of carbonyl (C=O) groups is 1. The number of ether oxygens (including phenoxy) is 3. The van der Waals surface area contributed by atoms with Gasteiger partial charge in [-0.1, -0.05) is 12.1 Å². The number of halogens is 1. The quantitative estimate of drug-likeness (QED) is 0.606. The third-order valence-electron chi connectivity index (χ3n) is 5.46. The highest BCUT2D eigenvalue weighted by atomic mass is 19.1. The van der Waals surface area contributed by atoms with Gasteiger partial charge in [-0.3, -0.25) is 4.79 Å². The van der Waals surface area contributed by atoms with Crippen LogP contribution in [-0.4, -0.2) is 60.6 Å². The smallest absolute Gasteiger partial charge is 0.270 e. The van der Waals surface area contributed by atoms with Gasteiger partial charge in [0.2, 0.25) is 5.88 Å². The Bertz CT molecular complexity index is 1110. The summed E-state index contributed by atoms with van der Waals surface area (Å²) in [5.74, 6) is 0.284. The summed E-state index contributed by atoms with van der Waals surface area (Å²) in [5, 5.41) is 13.4. The van der Waals surface area contributed by atoms with Crippen molar-refractivity contribution in [3.63, 3.8) is 0 Å². The lowest BCUT2D eigenvalue weighted by atomic mass is 9.98. The van der Waals surface area contributed by atoms with Gasteiger partial charge in [0.25, 0.3) is 5.91 Å². The third kappa shape index (κ3) is 4.35. The number of hydrogen-bond donors (Lipinski definition) is 2. The van der Waals surface area contributed by atoms with Crippen molar-refractivity contribution in [2.45, 2.75) is 24.7 Å². The van der Waals surface area contributed by atoms with Crippen LogP contribution in [0.3, 0.4) is 0 Å². The van der Waals surface area contributed by atoms with Crippen molar-refractivity contribution in [3.05, 3.63) is 59.4 Å². The minimum atomic E-state index is -1.56. The molecule has 2 aromatic heterocycles. The lowest BCUT2D eigenvalue weighted by molar-refractivity contribution is -0.0261. The molecule has 0 saturated carbocycles. The zero-order valence-corrected chi connectivity index (χ0v) is 17.7. The predicted octanol–water partition coefficient (Wildman–Crippen LogP) is 2.59. The number of carbonyl (C=O) groups excluding carboxylic acids is 1. The fourth-order valence-electron chi connectivity index (χ4n) is 3.71. The Kier molecular flexibility index (Phi) is 6.48. The minimum absolute atomic E-state index is 0.0276. The molecule has 1 saturated heterocycles. The molecule has 3 heterocycles. The van der Waals surface area contributed by atoms with Gasteiger partial charge in [-0.25, -0.2) is 14.4 Å². The average Bonchev–Trinajstić information content (AvgIpc) is 2.83. The molecule has 0 bridgehead atoms. The summed E-state index contributed by atoms with van der Waals surface area (Å²) in [6.45, 7) is 0.579. The summed E-state index contributed by atoms with van der Waals surface area (Å²) in [4.78, 5) is 21.5. The summed E-state index contributed by atoms with van der Waals surface area (Å²) in [6, 6.07) is 9.29. The molecule has 3 atom stereocenters. The molecule has 3 aromatic rings. The Balaban J connectivity index is 1.76. The normalized spacial score (nSPS) is 19.4. The van der Waals surface area contributed by atoms with Gasteiger partial charge in [-0.05, 0) is 24.6 Å². The Hall–Kier alpha value is -3.30. The van der Waals surface area contributed by atoms with Crippen LogP contribution in [0, 0.1) is 0 Å². The molecule has 1 amide bonds. The maximum Gasteiger partial charge on any atom is 0.270 e. The summed E-state index contributed by atoms with van der Waals surface area (Å²) in [6.07, 6.45) is -0.513. The Morgan fingerprint density at radius 3 is 2.81 bits per heavy atom. The molecule has 2 N–H and O–H groups in total. The second-order valence-electron chi connectivity index (χ2n) is 7.46. The highest BCUT2D eigenvalue weighted by Gasteiger charge is 2.27.